The van der Waals surface area contributed by atoms with Gasteiger partial charge in [-0.15, -0.1) is 0 Å². The number of hydrogen-bond acceptors (Lipinski definition) is 2. The van der Waals surface area contributed by atoms with Crippen LogP contribution in [0.1, 0.15) is 17.5 Å². The van der Waals surface area contributed by atoms with Crippen molar-refractivity contribution in [1.29, 1.82) is 0 Å². The third kappa shape index (κ3) is 4.93. The molecule has 3 nitrogen and oxygen atoms in total. The largest absolute Gasteiger partial charge is 0.383 e. The molecule has 0 saturated carbocycles. The zero-order valence-corrected chi connectivity index (χ0v) is 14.1. The molecule has 0 fully saturated rings. The van der Waals surface area contributed by atoms with Crippen LogP contribution in [-0.2, 0) is 4.79 Å². The Hall–Kier alpha value is -1.71. The Morgan fingerprint density at radius 2 is 1.73 bits per heavy atom. The van der Waals surface area contributed by atoms with E-state index in [1.165, 1.54) is 0 Å². The van der Waals surface area contributed by atoms with Crippen LogP contribution in [0.5, 0.6) is 0 Å². The summed E-state index contributed by atoms with van der Waals surface area (Å²) in [5.41, 5.74) is 3.80. The van der Waals surface area contributed by atoms with E-state index in [1.807, 2.05) is 26.0 Å². The lowest BCUT2D eigenvalue weighted by Gasteiger charge is -2.10. The van der Waals surface area contributed by atoms with E-state index < -0.39 is 0 Å². The Morgan fingerprint density at radius 3 is 2.41 bits per heavy atom. The van der Waals surface area contributed by atoms with Crippen LogP contribution in [0.15, 0.2) is 36.4 Å². The van der Waals surface area contributed by atoms with Gasteiger partial charge in [0.05, 0.1) is 10.7 Å². The normalized spacial score (nSPS) is 10.4. The predicted molar refractivity (Wildman–Crippen MR) is 94.1 cm³/mol. The first-order chi connectivity index (χ1) is 10.4. The molecule has 0 aliphatic rings. The molecule has 0 saturated heterocycles. The number of hydrogen-bond donors (Lipinski definition) is 2. The first-order valence-corrected chi connectivity index (χ1v) is 7.77. The molecule has 0 aliphatic heterocycles. The third-order valence-electron chi connectivity index (χ3n) is 3.10. The summed E-state index contributed by atoms with van der Waals surface area (Å²) < 4.78 is 0. The number of amides is 1. The van der Waals surface area contributed by atoms with E-state index >= 15 is 0 Å². The Bertz CT molecular complexity index is 666. The minimum Gasteiger partial charge on any atom is -0.383 e. The van der Waals surface area contributed by atoms with Crippen LogP contribution in [0.4, 0.5) is 11.4 Å². The topological polar surface area (TPSA) is 41.1 Å². The number of rotatable bonds is 5. The van der Waals surface area contributed by atoms with E-state index in [1.54, 1.807) is 18.2 Å². The van der Waals surface area contributed by atoms with E-state index in [2.05, 4.69) is 16.7 Å². The van der Waals surface area contributed by atoms with Crippen LogP contribution >= 0.6 is 23.2 Å². The Morgan fingerprint density at radius 1 is 1.05 bits per heavy atom. The van der Waals surface area contributed by atoms with Gasteiger partial charge < -0.3 is 10.6 Å². The Kier molecular flexibility index (Phi) is 5.69. The van der Waals surface area contributed by atoms with E-state index in [0.717, 1.165) is 22.5 Å². The second kappa shape index (κ2) is 7.52. The van der Waals surface area contributed by atoms with Crippen molar-refractivity contribution in [2.24, 2.45) is 0 Å². The molecule has 2 aromatic rings. The maximum absolute atomic E-state index is 12.0. The van der Waals surface area contributed by atoms with Crippen LogP contribution in [0, 0.1) is 13.8 Å². The van der Waals surface area contributed by atoms with E-state index in [-0.39, 0.29) is 5.91 Å². The van der Waals surface area contributed by atoms with Crippen molar-refractivity contribution in [3.05, 3.63) is 57.6 Å². The fraction of sp³-hybridized carbons (Fsp3) is 0.235. The monoisotopic (exact) mass is 336 g/mol. The molecule has 0 spiro atoms. The Labute approximate surface area is 140 Å². The highest BCUT2D eigenvalue weighted by Gasteiger charge is 2.05. The smallest absolute Gasteiger partial charge is 0.226 e. The molecular formula is C17H18Cl2N2O. The molecule has 2 aromatic carbocycles. The fourth-order valence-corrected chi connectivity index (χ4v) is 2.57. The summed E-state index contributed by atoms with van der Waals surface area (Å²) in [4.78, 5) is 12.0. The van der Waals surface area contributed by atoms with Gasteiger partial charge in [-0.2, -0.15) is 0 Å². The lowest BCUT2D eigenvalue weighted by molar-refractivity contribution is -0.115. The van der Waals surface area contributed by atoms with Gasteiger partial charge in [-0.3, -0.25) is 4.79 Å². The van der Waals surface area contributed by atoms with Crippen LogP contribution in [0.25, 0.3) is 0 Å². The molecule has 0 atom stereocenters. The molecule has 2 N–H and O–H groups in total. The number of nitrogens with one attached hydrogen (secondary N) is 2. The van der Waals surface area contributed by atoms with Crippen LogP contribution in [0.2, 0.25) is 10.0 Å². The van der Waals surface area contributed by atoms with E-state index in [9.17, 15) is 4.79 Å². The molecular weight excluding hydrogens is 319 g/mol. The van der Waals surface area contributed by atoms with Gasteiger partial charge in [0.1, 0.15) is 0 Å². The zero-order valence-electron chi connectivity index (χ0n) is 12.5. The first-order valence-electron chi connectivity index (χ1n) is 7.01. The van der Waals surface area contributed by atoms with Crippen molar-refractivity contribution < 1.29 is 4.79 Å². The maximum atomic E-state index is 12.0. The van der Waals surface area contributed by atoms with Crippen LogP contribution in [0.3, 0.4) is 0 Å². The molecule has 0 aromatic heterocycles. The third-order valence-corrected chi connectivity index (χ3v) is 3.67. The number of aryl methyl sites for hydroxylation is 2. The molecule has 5 heteroatoms. The summed E-state index contributed by atoms with van der Waals surface area (Å²) in [7, 11) is 0. The molecule has 0 unspecified atom stereocenters. The van der Waals surface area contributed by atoms with Gasteiger partial charge in [-0.25, -0.2) is 0 Å². The van der Waals surface area contributed by atoms with Gasteiger partial charge in [-0.05, 0) is 55.3 Å². The van der Waals surface area contributed by atoms with Crippen molar-refractivity contribution in [2.75, 3.05) is 17.2 Å². The SMILES string of the molecule is Cc1cc(C)cc(NC(=O)CCNc2cc(Cl)ccc2Cl)c1. The first kappa shape index (κ1) is 16.7. The summed E-state index contributed by atoms with van der Waals surface area (Å²) in [6.07, 6.45) is 0.343. The van der Waals surface area contributed by atoms with Gasteiger partial charge >= 0.3 is 0 Å². The van der Waals surface area contributed by atoms with Crippen LogP contribution in [-0.4, -0.2) is 12.5 Å². The van der Waals surface area contributed by atoms with Crippen molar-refractivity contribution in [3.63, 3.8) is 0 Å². The van der Waals surface area contributed by atoms with Gasteiger partial charge in [0.15, 0.2) is 0 Å². The molecule has 0 radical (unpaired) electrons. The second-order valence-electron chi connectivity index (χ2n) is 5.23. The molecule has 0 bridgehead atoms. The number of anilines is 2. The van der Waals surface area contributed by atoms with E-state index in [0.29, 0.717) is 23.0 Å². The quantitative estimate of drug-likeness (QED) is 0.801. The molecule has 2 rings (SSSR count). The van der Waals surface area contributed by atoms with Crippen molar-refractivity contribution in [2.45, 2.75) is 20.3 Å². The average molecular weight is 337 g/mol. The summed E-state index contributed by atoms with van der Waals surface area (Å²) in [6, 6.07) is 11.2. The molecule has 0 heterocycles. The summed E-state index contributed by atoms with van der Waals surface area (Å²) in [6.45, 7) is 4.49. The predicted octanol–water partition coefficient (Wildman–Crippen LogP) is 5.05. The summed E-state index contributed by atoms with van der Waals surface area (Å²) >= 11 is 12.0. The average Bonchev–Trinajstić information content (AvgIpc) is 2.41. The molecule has 0 aliphatic carbocycles. The van der Waals surface area contributed by atoms with Crippen molar-refractivity contribution >= 4 is 40.5 Å². The van der Waals surface area contributed by atoms with Gasteiger partial charge in [-0.1, -0.05) is 29.3 Å². The lowest BCUT2D eigenvalue weighted by atomic mass is 10.1. The number of halogens is 2. The zero-order chi connectivity index (χ0) is 16.1. The lowest BCUT2D eigenvalue weighted by Crippen LogP contribution is -2.16. The van der Waals surface area contributed by atoms with Crippen LogP contribution < -0.4 is 10.6 Å². The number of benzene rings is 2. The van der Waals surface area contributed by atoms with Crippen molar-refractivity contribution in [3.8, 4) is 0 Å². The second-order valence-corrected chi connectivity index (χ2v) is 6.07. The molecule has 1 amide bonds. The highest BCUT2D eigenvalue weighted by molar-refractivity contribution is 6.35. The minimum absolute atomic E-state index is 0.0457. The van der Waals surface area contributed by atoms with Gasteiger partial charge in [0, 0.05) is 23.7 Å². The molecule has 22 heavy (non-hydrogen) atoms. The summed E-state index contributed by atoms with van der Waals surface area (Å²) in [5.74, 6) is -0.0457. The highest BCUT2D eigenvalue weighted by atomic mass is 35.5. The summed E-state index contributed by atoms with van der Waals surface area (Å²) in [5, 5.41) is 7.20. The Balaban J connectivity index is 1.86. The highest BCUT2D eigenvalue weighted by Crippen LogP contribution is 2.25. The number of carbonyl (C=O) groups is 1. The molecule has 116 valence electrons. The fourth-order valence-electron chi connectivity index (χ4n) is 2.21. The van der Waals surface area contributed by atoms with Gasteiger partial charge in [0.2, 0.25) is 5.91 Å². The van der Waals surface area contributed by atoms with Gasteiger partial charge in [0.25, 0.3) is 0 Å². The number of carbonyl (C=O) groups excluding carboxylic acids is 1. The standard InChI is InChI=1S/C17H18Cl2N2O/c1-11-7-12(2)9-14(8-11)21-17(22)5-6-20-16-10-13(18)3-4-15(16)19/h3-4,7-10,20H,5-6H2,1-2H3,(H,21,22). The minimum atomic E-state index is -0.0457. The van der Waals surface area contributed by atoms with Crippen molar-refractivity contribution in [1.82, 2.24) is 0 Å². The van der Waals surface area contributed by atoms with E-state index in [4.69, 9.17) is 23.2 Å². The maximum Gasteiger partial charge on any atom is 0.226 e.